The zero-order chi connectivity index (χ0) is 15.4. The summed E-state index contributed by atoms with van der Waals surface area (Å²) in [5, 5.41) is 14.1. The van der Waals surface area contributed by atoms with Gasteiger partial charge >= 0.3 is 0 Å². The molecule has 110 valence electrons. The average molecular weight is 308 g/mol. The molecule has 0 fully saturated rings. The van der Waals surface area contributed by atoms with Crippen molar-refractivity contribution < 1.29 is 4.74 Å². The van der Waals surface area contributed by atoms with Crippen LogP contribution in [0.4, 0.5) is 0 Å². The van der Waals surface area contributed by atoms with Crippen molar-refractivity contribution in [2.75, 3.05) is 6.26 Å². The molecule has 0 radical (unpaired) electrons. The highest BCUT2D eigenvalue weighted by molar-refractivity contribution is 7.98. The molecule has 3 aromatic rings. The third kappa shape index (κ3) is 3.28. The van der Waals surface area contributed by atoms with Crippen molar-refractivity contribution in [3.8, 4) is 0 Å². The van der Waals surface area contributed by atoms with Gasteiger partial charge in [0.1, 0.15) is 5.03 Å². The van der Waals surface area contributed by atoms with E-state index in [0.29, 0.717) is 6.54 Å². The number of thioether (sulfide) groups is 1. The standard InChI is InChI=1S/C18H16N2OS/c1-22-18-16(11-15-9-5-6-10-17(15)19-18)13-20(21)12-14-7-3-2-4-8-14/h2-11,13H,12H2,1H3. The van der Waals surface area contributed by atoms with Gasteiger partial charge in [-0.1, -0.05) is 48.5 Å². The Morgan fingerprint density at radius 1 is 1.09 bits per heavy atom. The van der Waals surface area contributed by atoms with E-state index in [2.05, 4.69) is 4.98 Å². The fraction of sp³-hybridized carbons (Fsp3) is 0.111. The first kappa shape index (κ1) is 14.6. The zero-order valence-electron chi connectivity index (χ0n) is 12.3. The van der Waals surface area contributed by atoms with Gasteiger partial charge in [-0.05, 0) is 18.4 Å². The van der Waals surface area contributed by atoms with E-state index in [1.165, 1.54) is 0 Å². The Balaban J connectivity index is 1.96. The number of fused-ring (bicyclic) bond motifs is 1. The lowest BCUT2D eigenvalue weighted by atomic mass is 10.2. The van der Waals surface area contributed by atoms with E-state index in [1.54, 1.807) is 18.0 Å². The van der Waals surface area contributed by atoms with Gasteiger partial charge in [0.25, 0.3) is 0 Å². The maximum absolute atomic E-state index is 12.2. The van der Waals surface area contributed by atoms with E-state index in [9.17, 15) is 5.21 Å². The third-order valence-electron chi connectivity index (χ3n) is 3.37. The third-order valence-corrected chi connectivity index (χ3v) is 4.09. The largest absolute Gasteiger partial charge is 0.624 e. The first-order chi connectivity index (χ1) is 10.8. The minimum absolute atomic E-state index is 0.335. The topological polar surface area (TPSA) is 39.0 Å². The van der Waals surface area contributed by atoms with Gasteiger partial charge in [-0.25, -0.2) is 9.72 Å². The van der Waals surface area contributed by atoms with Crippen molar-refractivity contribution in [2.24, 2.45) is 0 Å². The van der Waals surface area contributed by atoms with E-state index in [-0.39, 0.29) is 0 Å². The Bertz CT molecular complexity index is 816. The van der Waals surface area contributed by atoms with Gasteiger partial charge in [0, 0.05) is 10.9 Å². The molecule has 0 saturated carbocycles. The summed E-state index contributed by atoms with van der Waals surface area (Å²) in [6.45, 7) is 0.335. The van der Waals surface area contributed by atoms with Gasteiger partial charge in [0.15, 0.2) is 12.8 Å². The summed E-state index contributed by atoms with van der Waals surface area (Å²) >= 11 is 1.55. The lowest BCUT2D eigenvalue weighted by molar-refractivity contribution is -0.469. The smallest absolute Gasteiger partial charge is 0.184 e. The van der Waals surface area contributed by atoms with Gasteiger partial charge in [0.05, 0.1) is 11.1 Å². The van der Waals surface area contributed by atoms with Crippen LogP contribution >= 0.6 is 11.8 Å². The normalized spacial score (nSPS) is 11.8. The fourth-order valence-corrected chi connectivity index (χ4v) is 2.87. The van der Waals surface area contributed by atoms with Crippen LogP contribution < -0.4 is 0 Å². The van der Waals surface area contributed by atoms with E-state index in [0.717, 1.165) is 31.8 Å². The number of pyridine rings is 1. The van der Waals surface area contributed by atoms with E-state index in [4.69, 9.17) is 0 Å². The van der Waals surface area contributed by atoms with Crippen LogP contribution in [0, 0.1) is 5.21 Å². The van der Waals surface area contributed by atoms with Gasteiger partial charge < -0.3 is 5.21 Å². The molecule has 0 bridgehead atoms. The molecular formula is C18H16N2OS. The van der Waals surface area contributed by atoms with Crippen molar-refractivity contribution in [2.45, 2.75) is 11.6 Å². The predicted molar refractivity (Wildman–Crippen MR) is 92.5 cm³/mol. The van der Waals surface area contributed by atoms with Crippen LogP contribution in [0.15, 0.2) is 65.7 Å². The number of hydroxylamine groups is 1. The summed E-state index contributed by atoms with van der Waals surface area (Å²) in [6.07, 6.45) is 3.60. The molecule has 1 heterocycles. The Labute approximate surface area is 133 Å². The molecule has 0 atom stereocenters. The van der Waals surface area contributed by atoms with Crippen molar-refractivity contribution >= 4 is 28.9 Å². The minimum atomic E-state index is 0.335. The van der Waals surface area contributed by atoms with Gasteiger partial charge in [-0.2, -0.15) is 0 Å². The Morgan fingerprint density at radius 3 is 2.59 bits per heavy atom. The number of hydrogen-bond acceptors (Lipinski definition) is 3. The van der Waals surface area contributed by atoms with Gasteiger partial charge in [-0.15, -0.1) is 11.8 Å². The van der Waals surface area contributed by atoms with Gasteiger partial charge in [0.2, 0.25) is 0 Å². The van der Waals surface area contributed by atoms with Crippen LogP contribution in [0.1, 0.15) is 11.1 Å². The van der Waals surface area contributed by atoms with Crippen LogP contribution in [-0.4, -0.2) is 22.2 Å². The second kappa shape index (κ2) is 6.62. The summed E-state index contributed by atoms with van der Waals surface area (Å²) in [5.74, 6) is 0. The highest BCUT2D eigenvalue weighted by Gasteiger charge is 2.08. The Hall–Kier alpha value is -2.33. The molecule has 22 heavy (non-hydrogen) atoms. The van der Waals surface area contributed by atoms with Crippen LogP contribution in [0.2, 0.25) is 0 Å². The van der Waals surface area contributed by atoms with Gasteiger partial charge in [-0.3, -0.25) is 0 Å². The number of aromatic nitrogens is 1. The summed E-state index contributed by atoms with van der Waals surface area (Å²) in [4.78, 5) is 4.62. The van der Waals surface area contributed by atoms with E-state index in [1.807, 2.05) is 66.9 Å². The van der Waals surface area contributed by atoms with Crippen molar-refractivity contribution in [1.29, 1.82) is 0 Å². The highest BCUT2D eigenvalue weighted by Crippen LogP contribution is 2.22. The minimum Gasteiger partial charge on any atom is -0.624 e. The lowest BCUT2D eigenvalue weighted by Crippen LogP contribution is -2.07. The van der Waals surface area contributed by atoms with Crippen molar-refractivity contribution in [3.63, 3.8) is 0 Å². The molecule has 3 rings (SSSR count). The number of hydrogen-bond donors (Lipinski definition) is 0. The Morgan fingerprint density at radius 2 is 1.82 bits per heavy atom. The molecule has 0 amide bonds. The molecule has 4 heteroatoms. The molecule has 0 aliphatic carbocycles. The number of nitrogens with zero attached hydrogens (tertiary/aromatic N) is 2. The maximum Gasteiger partial charge on any atom is 0.184 e. The maximum atomic E-state index is 12.2. The first-order valence-corrected chi connectivity index (χ1v) is 8.25. The average Bonchev–Trinajstić information content (AvgIpc) is 2.55. The second-order valence-corrected chi connectivity index (χ2v) is 5.76. The molecule has 0 N–H and O–H groups in total. The molecule has 0 aliphatic rings. The Kier molecular flexibility index (Phi) is 4.39. The quantitative estimate of drug-likeness (QED) is 0.240. The van der Waals surface area contributed by atoms with Crippen LogP contribution in [-0.2, 0) is 6.54 Å². The molecule has 0 saturated heterocycles. The summed E-state index contributed by atoms with van der Waals surface area (Å²) in [6, 6.07) is 19.7. The highest BCUT2D eigenvalue weighted by atomic mass is 32.2. The molecule has 1 aromatic heterocycles. The van der Waals surface area contributed by atoms with Crippen molar-refractivity contribution in [1.82, 2.24) is 4.98 Å². The monoisotopic (exact) mass is 308 g/mol. The van der Waals surface area contributed by atoms with Crippen LogP contribution in [0.25, 0.3) is 10.9 Å². The molecule has 3 nitrogen and oxygen atoms in total. The molecule has 2 aromatic carbocycles. The van der Waals surface area contributed by atoms with E-state index >= 15 is 0 Å². The van der Waals surface area contributed by atoms with Crippen LogP contribution in [0.3, 0.4) is 0 Å². The second-order valence-electron chi connectivity index (χ2n) is 4.97. The lowest BCUT2D eigenvalue weighted by Gasteiger charge is -2.07. The molecular weight excluding hydrogens is 292 g/mol. The molecule has 0 spiro atoms. The first-order valence-electron chi connectivity index (χ1n) is 7.02. The summed E-state index contributed by atoms with van der Waals surface area (Å²) < 4.78 is 0.959. The van der Waals surface area contributed by atoms with Crippen LogP contribution in [0.5, 0.6) is 0 Å². The fourth-order valence-electron chi connectivity index (χ4n) is 2.33. The predicted octanol–water partition coefficient (Wildman–Crippen LogP) is 4.09. The number of para-hydroxylation sites is 1. The van der Waals surface area contributed by atoms with Crippen molar-refractivity contribution in [3.05, 3.63) is 77.0 Å². The zero-order valence-corrected chi connectivity index (χ0v) is 13.1. The number of benzene rings is 2. The number of rotatable bonds is 4. The summed E-state index contributed by atoms with van der Waals surface area (Å²) in [7, 11) is 0. The SMILES string of the molecule is CSc1nc2ccccc2cc1C=[N+]([O-])Cc1ccccc1. The molecule has 0 unspecified atom stereocenters. The molecule has 0 aliphatic heterocycles. The van der Waals surface area contributed by atoms with E-state index < -0.39 is 0 Å². The summed E-state index contributed by atoms with van der Waals surface area (Å²) in [5.41, 5.74) is 2.80.